The van der Waals surface area contributed by atoms with Crippen LogP contribution in [0.25, 0.3) is 5.69 Å². The molecule has 2 aromatic carbocycles. The molecule has 0 aliphatic heterocycles. The van der Waals surface area contributed by atoms with Gasteiger partial charge in [-0.25, -0.2) is 0 Å². The molecule has 3 rings (SSSR count). The van der Waals surface area contributed by atoms with Crippen LogP contribution < -0.4 is 20.1 Å². The van der Waals surface area contributed by atoms with Gasteiger partial charge in [0.1, 0.15) is 11.5 Å². The van der Waals surface area contributed by atoms with Crippen LogP contribution in [0.3, 0.4) is 0 Å². The van der Waals surface area contributed by atoms with Gasteiger partial charge in [0.25, 0.3) is 5.91 Å². The molecule has 0 fully saturated rings. The number of aromatic nitrogens is 1. The highest BCUT2D eigenvalue weighted by Crippen LogP contribution is 2.32. The first kappa shape index (κ1) is 20.3. The number of nitrogens with one attached hydrogen (secondary N) is 2. The fraction of sp³-hybridized carbons (Fsp3) is 0.143. The van der Waals surface area contributed by atoms with E-state index in [-0.39, 0.29) is 11.5 Å². The highest BCUT2D eigenvalue weighted by atomic mass is 35.5. The standard InChI is InChI=1S/C21H20ClN3O4/c1-13(26)23-14-6-7-19(28-2)17(10-14)24-21(27)15-11-16(22)18(12-20(15)29-3)25-8-4-5-9-25/h4-12H,1-3H3,(H,23,26)(H,24,27). The molecule has 0 saturated heterocycles. The quantitative estimate of drug-likeness (QED) is 0.629. The third kappa shape index (κ3) is 4.52. The number of halogens is 1. The van der Waals surface area contributed by atoms with Crippen LogP contribution in [0, 0.1) is 0 Å². The number of hydrogen-bond acceptors (Lipinski definition) is 4. The number of hydrogen-bond donors (Lipinski definition) is 2. The first-order valence-electron chi connectivity index (χ1n) is 8.70. The number of carbonyl (C=O) groups is 2. The van der Waals surface area contributed by atoms with Gasteiger partial charge < -0.3 is 24.7 Å². The average molecular weight is 414 g/mol. The molecule has 0 saturated carbocycles. The van der Waals surface area contributed by atoms with E-state index in [1.807, 2.05) is 29.1 Å². The molecule has 8 heteroatoms. The van der Waals surface area contributed by atoms with Gasteiger partial charge in [0.05, 0.1) is 36.2 Å². The summed E-state index contributed by atoms with van der Waals surface area (Å²) in [5.41, 5.74) is 1.88. The molecule has 29 heavy (non-hydrogen) atoms. The summed E-state index contributed by atoms with van der Waals surface area (Å²) in [6.45, 7) is 1.40. The number of benzene rings is 2. The van der Waals surface area contributed by atoms with Crippen molar-refractivity contribution in [2.24, 2.45) is 0 Å². The number of carbonyl (C=O) groups excluding carboxylic acids is 2. The van der Waals surface area contributed by atoms with Crippen LogP contribution >= 0.6 is 11.6 Å². The lowest BCUT2D eigenvalue weighted by atomic mass is 10.1. The van der Waals surface area contributed by atoms with Gasteiger partial charge in [-0.2, -0.15) is 0 Å². The lowest BCUT2D eigenvalue weighted by Crippen LogP contribution is -2.15. The van der Waals surface area contributed by atoms with E-state index in [0.29, 0.717) is 33.6 Å². The number of nitrogens with zero attached hydrogens (tertiary/aromatic N) is 1. The van der Waals surface area contributed by atoms with Crippen LogP contribution in [0.2, 0.25) is 5.02 Å². The summed E-state index contributed by atoms with van der Waals surface area (Å²) in [6, 6.07) is 11.9. The Kier molecular flexibility index (Phi) is 6.09. The maximum atomic E-state index is 12.9. The summed E-state index contributed by atoms with van der Waals surface area (Å²) in [7, 11) is 2.98. The van der Waals surface area contributed by atoms with Crippen LogP contribution in [0.15, 0.2) is 54.9 Å². The average Bonchev–Trinajstić information content (AvgIpc) is 3.22. The highest BCUT2D eigenvalue weighted by Gasteiger charge is 2.18. The van der Waals surface area contributed by atoms with Crippen molar-refractivity contribution in [1.82, 2.24) is 4.57 Å². The van der Waals surface area contributed by atoms with E-state index in [9.17, 15) is 9.59 Å². The monoisotopic (exact) mass is 413 g/mol. The predicted octanol–water partition coefficient (Wildman–Crippen LogP) is 4.36. The van der Waals surface area contributed by atoms with Crippen molar-refractivity contribution < 1.29 is 19.1 Å². The SMILES string of the molecule is COc1ccc(NC(C)=O)cc1NC(=O)c1cc(Cl)c(-n2cccc2)cc1OC. The third-order valence-electron chi connectivity index (χ3n) is 4.16. The minimum Gasteiger partial charge on any atom is -0.496 e. The van der Waals surface area contributed by atoms with E-state index in [2.05, 4.69) is 10.6 Å². The lowest BCUT2D eigenvalue weighted by molar-refractivity contribution is -0.114. The first-order valence-corrected chi connectivity index (χ1v) is 9.08. The fourth-order valence-electron chi connectivity index (χ4n) is 2.86. The molecule has 3 aromatic rings. The topological polar surface area (TPSA) is 81.6 Å². The lowest BCUT2D eigenvalue weighted by Gasteiger charge is -2.15. The summed E-state index contributed by atoms with van der Waals surface area (Å²) in [5, 5.41) is 5.85. The Morgan fingerprint density at radius 2 is 1.66 bits per heavy atom. The molecule has 1 heterocycles. The number of amides is 2. The van der Waals surface area contributed by atoms with E-state index in [1.165, 1.54) is 21.1 Å². The van der Waals surface area contributed by atoms with E-state index in [4.69, 9.17) is 21.1 Å². The molecule has 0 spiro atoms. The van der Waals surface area contributed by atoms with Crippen molar-refractivity contribution in [3.63, 3.8) is 0 Å². The van der Waals surface area contributed by atoms with E-state index in [0.717, 1.165) is 0 Å². The zero-order chi connectivity index (χ0) is 21.0. The van der Waals surface area contributed by atoms with Crippen molar-refractivity contribution >= 4 is 34.8 Å². The largest absolute Gasteiger partial charge is 0.496 e. The second-order valence-electron chi connectivity index (χ2n) is 6.14. The molecule has 0 aliphatic carbocycles. The van der Waals surface area contributed by atoms with Crippen LogP contribution in [-0.2, 0) is 4.79 Å². The van der Waals surface area contributed by atoms with Crippen molar-refractivity contribution in [3.8, 4) is 17.2 Å². The molecule has 150 valence electrons. The van der Waals surface area contributed by atoms with Gasteiger partial charge in [0.15, 0.2) is 0 Å². The normalized spacial score (nSPS) is 10.3. The first-order chi connectivity index (χ1) is 13.9. The molecular formula is C21H20ClN3O4. The Morgan fingerprint density at radius 3 is 2.28 bits per heavy atom. The molecule has 0 bridgehead atoms. The van der Waals surface area contributed by atoms with Crippen molar-refractivity contribution in [2.75, 3.05) is 24.9 Å². The number of ether oxygens (including phenoxy) is 2. The Hall–Kier alpha value is -3.45. The van der Waals surface area contributed by atoms with Crippen LogP contribution in [0.4, 0.5) is 11.4 Å². The molecule has 0 radical (unpaired) electrons. The summed E-state index contributed by atoms with van der Waals surface area (Å²) < 4.78 is 12.5. The van der Waals surface area contributed by atoms with Gasteiger partial charge in [0, 0.05) is 31.1 Å². The summed E-state index contributed by atoms with van der Waals surface area (Å²) >= 11 is 6.41. The second-order valence-corrected chi connectivity index (χ2v) is 6.55. The van der Waals surface area contributed by atoms with Gasteiger partial charge in [-0.05, 0) is 36.4 Å². The molecule has 2 amide bonds. The smallest absolute Gasteiger partial charge is 0.259 e. The van der Waals surface area contributed by atoms with Gasteiger partial charge in [-0.3, -0.25) is 9.59 Å². The van der Waals surface area contributed by atoms with Crippen LogP contribution in [0.5, 0.6) is 11.5 Å². The van der Waals surface area contributed by atoms with Crippen molar-refractivity contribution in [2.45, 2.75) is 6.92 Å². The van der Waals surface area contributed by atoms with Gasteiger partial charge in [-0.1, -0.05) is 11.6 Å². The van der Waals surface area contributed by atoms with Gasteiger partial charge in [-0.15, -0.1) is 0 Å². The highest BCUT2D eigenvalue weighted by molar-refractivity contribution is 6.33. The minimum absolute atomic E-state index is 0.221. The Labute approximate surface area is 173 Å². The fourth-order valence-corrected chi connectivity index (χ4v) is 3.12. The van der Waals surface area contributed by atoms with Crippen molar-refractivity contribution in [1.29, 1.82) is 0 Å². The molecule has 0 unspecified atom stereocenters. The maximum Gasteiger partial charge on any atom is 0.259 e. The molecule has 0 atom stereocenters. The predicted molar refractivity (Wildman–Crippen MR) is 113 cm³/mol. The van der Waals surface area contributed by atoms with E-state index < -0.39 is 5.91 Å². The Morgan fingerprint density at radius 1 is 0.966 bits per heavy atom. The number of rotatable bonds is 6. The Bertz CT molecular complexity index is 1050. The summed E-state index contributed by atoms with van der Waals surface area (Å²) in [4.78, 5) is 24.3. The van der Waals surface area contributed by atoms with Gasteiger partial charge in [0.2, 0.25) is 5.91 Å². The second kappa shape index (κ2) is 8.70. The zero-order valence-electron chi connectivity index (χ0n) is 16.2. The summed E-state index contributed by atoms with van der Waals surface area (Å²) in [5.74, 6) is 0.164. The van der Waals surface area contributed by atoms with E-state index in [1.54, 1.807) is 30.3 Å². The van der Waals surface area contributed by atoms with Crippen LogP contribution in [-0.4, -0.2) is 30.6 Å². The molecule has 7 nitrogen and oxygen atoms in total. The van der Waals surface area contributed by atoms with Crippen molar-refractivity contribution in [3.05, 3.63) is 65.4 Å². The molecule has 0 aliphatic rings. The number of methoxy groups -OCH3 is 2. The zero-order valence-corrected chi connectivity index (χ0v) is 16.9. The minimum atomic E-state index is -0.430. The third-order valence-corrected chi connectivity index (χ3v) is 4.47. The molecule has 2 N–H and O–H groups in total. The van der Waals surface area contributed by atoms with Gasteiger partial charge >= 0.3 is 0 Å². The maximum absolute atomic E-state index is 12.9. The molecular weight excluding hydrogens is 394 g/mol. The van der Waals surface area contributed by atoms with Crippen LogP contribution in [0.1, 0.15) is 17.3 Å². The van der Waals surface area contributed by atoms with E-state index >= 15 is 0 Å². The number of anilines is 2. The molecule has 1 aromatic heterocycles. The Balaban J connectivity index is 1.95. The summed E-state index contributed by atoms with van der Waals surface area (Å²) in [6.07, 6.45) is 3.69.